The van der Waals surface area contributed by atoms with E-state index in [0.717, 1.165) is 11.1 Å². The van der Waals surface area contributed by atoms with Crippen LogP contribution in [-0.2, 0) is 0 Å². The third kappa shape index (κ3) is 6.06. The molecule has 0 unspecified atom stereocenters. The van der Waals surface area contributed by atoms with Gasteiger partial charge in [0.1, 0.15) is 0 Å². The van der Waals surface area contributed by atoms with Gasteiger partial charge in [-0.1, -0.05) is 127 Å². The number of hydrogen-bond acceptors (Lipinski definition) is 3. The molecule has 0 amide bonds. The van der Waals surface area contributed by atoms with Crippen molar-refractivity contribution in [2.45, 2.75) is 0 Å². The summed E-state index contributed by atoms with van der Waals surface area (Å²) in [6, 6.07) is 66.7. The molecule has 0 spiro atoms. The second-order valence-electron chi connectivity index (χ2n) is 14.7. The first-order valence-electron chi connectivity index (χ1n) is 19.3. The first-order valence-corrected chi connectivity index (χ1v) is 20.1. The molecule has 0 saturated carbocycles. The summed E-state index contributed by atoms with van der Waals surface area (Å²) in [5.74, 6) is 0. The van der Waals surface area contributed by atoms with Crippen LogP contribution < -0.4 is 0 Å². The number of nitrogens with zero attached hydrogens (tertiary/aromatic N) is 2. The summed E-state index contributed by atoms with van der Waals surface area (Å²) in [7, 11) is 0. The first-order chi connectivity index (χ1) is 28.2. The van der Waals surface area contributed by atoms with Gasteiger partial charge < -0.3 is 0 Å². The minimum atomic E-state index is 1.12. The van der Waals surface area contributed by atoms with Crippen LogP contribution in [0.2, 0.25) is 0 Å². The van der Waals surface area contributed by atoms with Crippen molar-refractivity contribution in [3.8, 4) is 66.8 Å². The number of rotatable bonds is 6. The molecule has 0 N–H and O–H groups in total. The Hall–Kier alpha value is -7.20. The monoisotopic (exact) mass is 742 g/mol. The van der Waals surface area contributed by atoms with Gasteiger partial charge >= 0.3 is 0 Å². The average molecular weight is 743 g/mol. The highest BCUT2D eigenvalue weighted by molar-refractivity contribution is 7.26. The van der Waals surface area contributed by atoms with Crippen molar-refractivity contribution in [3.63, 3.8) is 0 Å². The van der Waals surface area contributed by atoms with E-state index in [2.05, 4.69) is 180 Å². The Morgan fingerprint density at radius 1 is 0.281 bits per heavy atom. The van der Waals surface area contributed by atoms with E-state index in [1.54, 1.807) is 0 Å². The minimum absolute atomic E-state index is 1.12. The highest BCUT2D eigenvalue weighted by atomic mass is 32.1. The van der Waals surface area contributed by atoms with Gasteiger partial charge in [0.05, 0.1) is 0 Å². The molecular weight excluding hydrogens is 709 g/mol. The maximum Gasteiger partial charge on any atom is 0.0434 e. The van der Waals surface area contributed by atoms with Crippen LogP contribution >= 0.6 is 11.3 Å². The number of aromatic nitrogens is 2. The fraction of sp³-hybridized carbons (Fsp3) is 0. The Bertz CT molecular complexity index is 3140. The highest BCUT2D eigenvalue weighted by Gasteiger charge is 2.16. The van der Waals surface area contributed by atoms with E-state index in [-0.39, 0.29) is 0 Å². The van der Waals surface area contributed by atoms with Crippen molar-refractivity contribution in [2.24, 2.45) is 0 Å². The van der Waals surface area contributed by atoms with Crippen LogP contribution in [0.1, 0.15) is 0 Å². The molecule has 0 saturated heterocycles. The molecule has 11 rings (SSSR count). The first kappa shape index (κ1) is 33.2. The number of hydrogen-bond donors (Lipinski definition) is 0. The Morgan fingerprint density at radius 2 is 0.702 bits per heavy atom. The molecule has 266 valence electrons. The Balaban J connectivity index is 1.08. The van der Waals surface area contributed by atoms with Crippen LogP contribution in [0.25, 0.3) is 108 Å². The van der Waals surface area contributed by atoms with Gasteiger partial charge in [-0.2, -0.15) is 0 Å². The summed E-state index contributed by atoms with van der Waals surface area (Å²) in [4.78, 5) is 8.68. The van der Waals surface area contributed by atoms with Crippen molar-refractivity contribution in [1.82, 2.24) is 9.97 Å². The highest BCUT2D eigenvalue weighted by Crippen LogP contribution is 2.45. The molecule has 2 nitrogen and oxygen atoms in total. The molecular formula is C54H34N2S. The maximum atomic E-state index is 4.34. The summed E-state index contributed by atoms with van der Waals surface area (Å²) < 4.78 is 2.63. The zero-order chi connectivity index (χ0) is 37.7. The molecule has 0 fully saturated rings. The second-order valence-corrected chi connectivity index (χ2v) is 15.7. The van der Waals surface area contributed by atoms with E-state index < -0.39 is 0 Å². The molecule has 8 aromatic carbocycles. The van der Waals surface area contributed by atoms with Crippen LogP contribution in [0.3, 0.4) is 0 Å². The Labute approximate surface area is 335 Å². The van der Waals surface area contributed by atoms with Crippen molar-refractivity contribution >= 4 is 53.1 Å². The number of fused-ring (bicyclic) bond motifs is 5. The molecule has 0 radical (unpaired) electrons. The summed E-state index contributed by atoms with van der Waals surface area (Å²) in [5.41, 5.74) is 14.3. The van der Waals surface area contributed by atoms with E-state index in [1.807, 2.05) is 48.3 Å². The van der Waals surface area contributed by atoms with E-state index in [4.69, 9.17) is 0 Å². The van der Waals surface area contributed by atoms with Crippen LogP contribution in [0.5, 0.6) is 0 Å². The quantitative estimate of drug-likeness (QED) is 0.170. The maximum absolute atomic E-state index is 4.34. The van der Waals surface area contributed by atoms with E-state index in [9.17, 15) is 0 Å². The lowest BCUT2D eigenvalue weighted by Gasteiger charge is -2.14. The molecule has 0 aliphatic heterocycles. The van der Waals surface area contributed by atoms with Crippen LogP contribution in [-0.4, -0.2) is 9.97 Å². The molecule has 3 heterocycles. The Morgan fingerprint density at radius 3 is 1.16 bits per heavy atom. The second kappa shape index (κ2) is 13.8. The smallest absolute Gasteiger partial charge is 0.0434 e. The third-order valence-electron chi connectivity index (χ3n) is 11.2. The molecule has 57 heavy (non-hydrogen) atoms. The lowest BCUT2D eigenvalue weighted by molar-refractivity contribution is 1.33. The van der Waals surface area contributed by atoms with E-state index in [1.165, 1.54) is 97.4 Å². The summed E-state index contributed by atoms with van der Waals surface area (Å²) in [6.07, 6.45) is 7.49. The Kier molecular flexibility index (Phi) is 8.04. The fourth-order valence-corrected chi connectivity index (χ4v) is 9.66. The lowest BCUT2D eigenvalue weighted by Crippen LogP contribution is -1.88. The molecule has 0 bridgehead atoms. The predicted octanol–water partition coefficient (Wildman–Crippen LogP) is 15.2. The molecule has 0 aliphatic rings. The molecule has 11 aromatic rings. The zero-order valence-corrected chi connectivity index (χ0v) is 31.7. The summed E-state index contributed by atoms with van der Waals surface area (Å²) in [5, 5.41) is 7.43. The van der Waals surface area contributed by atoms with E-state index in [0.29, 0.717) is 0 Å². The average Bonchev–Trinajstić information content (AvgIpc) is 3.68. The van der Waals surface area contributed by atoms with Crippen LogP contribution in [0.15, 0.2) is 207 Å². The van der Waals surface area contributed by atoms with Crippen molar-refractivity contribution < 1.29 is 0 Å². The van der Waals surface area contributed by atoms with Crippen molar-refractivity contribution in [1.29, 1.82) is 0 Å². The van der Waals surface area contributed by atoms with Crippen molar-refractivity contribution in [3.05, 3.63) is 207 Å². The normalized spacial score (nSPS) is 11.5. The van der Waals surface area contributed by atoms with Crippen LogP contribution in [0.4, 0.5) is 0 Å². The van der Waals surface area contributed by atoms with Crippen molar-refractivity contribution in [2.75, 3.05) is 0 Å². The van der Waals surface area contributed by atoms with Gasteiger partial charge in [0.25, 0.3) is 0 Å². The number of benzene rings is 8. The van der Waals surface area contributed by atoms with Gasteiger partial charge in [-0.25, -0.2) is 0 Å². The standard InChI is InChI=1S/C54H34N2S/c1-2-8-35(9-3-1)49-12-4-14-51-52-15-5-13-50(54(52)57-53(49)51)48-31-46(42-22-18-36-26-40(20-16-38(36)28-42)44-10-6-24-55-33-44)30-47(32-48)43-23-19-37-27-41(21-17-39(37)29-43)45-11-7-25-56-34-45/h1-34H. The lowest BCUT2D eigenvalue weighted by atomic mass is 9.91. The van der Waals surface area contributed by atoms with Gasteiger partial charge in [0, 0.05) is 56.1 Å². The topological polar surface area (TPSA) is 25.8 Å². The minimum Gasteiger partial charge on any atom is -0.264 e. The van der Waals surface area contributed by atoms with Gasteiger partial charge in [0.2, 0.25) is 0 Å². The summed E-state index contributed by atoms with van der Waals surface area (Å²) in [6.45, 7) is 0. The third-order valence-corrected chi connectivity index (χ3v) is 12.5. The fourth-order valence-electron chi connectivity index (χ4n) is 8.29. The SMILES string of the molecule is c1ccc(-c2cccc3c2sc2c(-c4cc(-c5ccc6cc(-c7cccnc7)ccc6c5)cc(-c5ccc6cc(-c7cccnc7)ccc6c5)c4)cccc23)cc1. The van der Waals surface area contributed by atoms with Gasteiger partial charge in [0.15, 0.2) is 0 Å². The summed E-state index contributed by atoms with van der Waals surface area (Å²) >= 11 is 1.90. The van der Waals surface area contributed by atoms with Gasteiger partial charge in [-0.15, -0.1) is 11.3 Å². The van der Waals surface area contributed by atoms with Crippen LogP contribution in [0, 0.1) is 0 Å². The molecule has 3 aromatic heterocycles. The van der Waals surface area contributed by atoms with Gasteiger partial charge in [-0.3, -0.25) is 9.97 Å². The largest absolute Gasteiger partial charge is 0.264 e. The molecule has 0 atom stereocenters. The number of pyridine rings is 2. The number of thiophene rings is 1. The zero-order valence-electron chi connectivity index (χ0n) is 30.9. The molecule has 0 aliphatic carbocycles. The van der Waals surface area contributed by atoms with E-state index >= 15 is 0 Å². The van der Waals surface area contributed by atoms with Gasteiger partial charge in [-0.05, 0) is 132 Å². The molecule has 3 heteroatoms. The predicted molar refractivity (Wildman–Crippen MR) is 243 cm³/mol.